The summed E-state index contributed by atoms with van der Waals surface area (Å²) in [6.45, 7) is 6.54. The largest absolute Gasteiger partial charge is 0.460 e. The number of rotatable bonds is 3. The topological polar surface area (TPSA) is 13.1 Å². The smallest absolute Gasteiger partial charge is 0.135 e. The summed E-state index contributed by atoms with van der Waals surface area (Å²) in [5.74, 6) is 1.57. The van der Waals surface area contributed by atoms with Crippen LogP contribution in [0, 0.1) is 0 Å². The quantitative estimate of drug-likeness (QED) is 0.705. The molecular weight excluding hydrogens is 216 g/mol. The predicted molar refractivity (Wildman–Crippen MR) is 71.5 cm³/mol. The third-order valence-corrected chi connectivity index (χ3v) is 3.70. The summed E-state index contributed by atoms with van der Waals surface area (Å²) in [7, 11) is 0. The lowest BCUT2D eigenvalue weighted by atomic mass is 10.1. The fourth-order valence-electron chi connectivity index (χ4n) is 1.95. The molecule has 0 spiro atoms. The number of thioether (sulfide) groups is 1. The number of fused-ring (bicyclic) bond motifs is 1. The maximum absolute atomic E-state index is 5.93. The second-order valence-corrected chi connectivity index (χ2v) is 5.15. The highest BCUT2D eigenvalue weighted by atomic mass is 32.2. The third-order valence-electron chi connectivity index (χ3n) is 2.87. The zero-order valence-corrected chi connectivity index (χ0v) is 11.1. The average Bonchev–Trinajstić information content (AvgIpc) is 2.66. The molecule has 1 aromatic carbocycles. The van der Waals surface area contributed by atoms with Crippen LogP contribution in [-0.4, -0.2) is 6.26 Å². The molecule has 0 aliphatic carbocycles. The summed E-state index contributed by atoms with van der Waals surface area (Å²) in [5, 5.41) is 1.27. The van der Waals surface area contributed by atoms with Crippen molar-refractivity contribution >= 4 is 22.7 Å². The minimum Gasteiger partial charge on any atom is -0.460 e. The van der Waals surface area contributed by atoms with E-state index in [1.807, 2.05) is 0 Å². The van der Waals surface area contributed by atoms with Crippen LogP contribution in [0.2, 0.25) is 0 Å². The van der Waals surface area contributed by atoms with Crippen LogP contribution >= 0.6 is 11.8 Å². The zero-order valence-electron chi connectivity index (χ0n) is 10.3. The Hall–Kier alpha value is -0.890. The molecule has 2 aromatic rings. The van der Waals surface area contributed by atoms with E-state index in [0.29, 0.717) is 5.92 Å². The fraction of sp³-hybridized carbons (Fsp3) is 0.429. The van der Waals surface area contributed by atoms with E-state index in [2.05, 4.69) is 45.2 Å². The average molecular weight is 234 g/mol. The van der Waals surface area contributed by atoms with E-state index >= 15 is 0 Å². The Balaban J connectivity index is 2.68. The third kappa shape index (κ3) is 1.86. The summed E-state index contributed by atoms with van der Waals surface area (Å²) < 4.78 is 5.93. The Bertz CT molecular complexity index is 497. The van der Waals surface area contributed by atoms with E-state index in [4.69, 9.17) is 4.42 Å². The van der Waals surface area contributed by atoms with Crippen molar-refractivity contribution in [3.63, 3.8) is 0 Å². The number of hydrogen-bond donors (Lipinski definition) is 0. The van der Waals surface area contributed by atoms with Crippen LogP contribution in [0.1, 0.15) is 38.0 Å². The van der Waals surface area contributed by atoms with Gasteiger partial charge >= 0.3 is 0 Å². The Morgan fingerprint density at radius 2 is 2.06 bits per heavy atom. The van der Waals surface area contributed by atoms with Crippen LogP contribution in [0.15, 0.2) is 27.5 Å². The second kappa shape index (κ2) is 4.54. The molecule has 0 N–H and O–H groups in total. The minimum atomic E-state index is 0.444. The molecule has 0 amide bonds. The molecule has 2 rings (SSSR count). The molecule has 0 fully saturated rings. The van der Waals surface area contributed by atoms with Crippen LogP contribution in [0.25, 0.3) is 11.0 Å². The lowest BCUT2D eigenvalue weighted by Gasteiger charge is -2.02. The molecule has 0 atom stereocenters. The van der Waals surface area contributed by atoms with Gasteiger partial charge in [0.15, 0.2) is 0 Å². The number of hydrogen-bond acceptors (Lipinski definition) is 2. The number of furan rings is 1. The van der Waals surface area contributed by atoms with E-state index < -0.39 is 0 Å². The first-order valence-corrected chi connectivity index (χ1v) is 6.99. The Morgan fingerprint density at radius 1 is 1.31 bits per heavy atom. The van der Waals surface area contributed by atoms with Gasteiger partial charge in [-0.15, -0.1) is 11.8 Å². The van der Waals surface area contributed by atoms with Crippen LogP contribution < -0.4 is 0 Å². The lowest BCUT2D eigenvalue weighted by Crippen LogP contribution is -1.85. The van der Waals surface area contributed by atoms with Gasteiger partial charge in [-0.1, -0.05) is 26.8 Å². The summed E-state index contributed by atoms with van der Waals surface area (Å²) in [6.07, 6.45) is 3.20. The first-order chi connectivity index (χ1) is 7.67. The molecule has 0 unspecified atom stereocenters. The van der Waals surface area contributed by atoms with Gasteiger partial charge < -0.3 is 4.42 Å². The van der Waals surface area contributed by atoms with E-state index in [-0.39, 0.29) is 0 Å². The van der Waals surface area contributed by atoms with E-state index in [1.165, 1.54) is 15.8 Å². The van der Waals surface area contributed by atoms with Crippen LogP contribution in [0.5, 0.6) is 0 Å². The highest BCUT2D eigenvalue weighted by Gasteiger charge is 2.16. The molecule has 16 heavy (non-hydrogen) atoms. The molecule has 86 valence electrons. The van der Waals surface area contributed by atoms with Gasteiger partial charge in [0.25, 0.3) is 0 Å². The molecule has 1 aromatic heterocycles. The van der Waals surface area contributed by atoms with Crippen molar-refractivity contribution in [1.29, 1.82) is 0 Å². The molecule has 0 radical (unpaired) electrons. The Kier molecular flexibility index (Phi) is 3.29. The van der Waals surface area contributed by atoms with Gasteiger partial charge in [-0.25, -0.2) is 0 Å². The predicted octanol–water partition coefficient (Wildman–Crippen LogP) is 4.84. The summed E-state index contributed by atoms with van der Waals surface area (Å²) in [6, 6.07) is 6.51. The van der Waals surface area contributed by atoms with Gasteiger partial charge in [-0.2, -0.15) is 0 Å². The van der Waals surface area contributed by atoms with Crippen LogP contribution in [-0.2, 0) is 6.42 Å². The maximum atomic E-state index is 5.93. The van der Waals surface area contributed by atoms with Crippen molar-refractivity contribution in [3.8, 4) is 0 Å². The molecule has 1 nitrogen and oxygen atoms in total. The van der Waals surface area contributed by atoms with Crippen molar-refractivity contribution in [3.05, 3.63) is 29.5 Å². The first kappa shape index (κ1) is 11.6. The van der Waals surface area contributed by atoms with E-state index in [1.54, 1.807) is 11.8 Å². The molecule has 0 aliphatic rings. The molecule has 0 saturated heterocycles. The molecular formula is C14H18OS. The van der Waals surface area contributed by atoms with Crippen molar-refractivity contribution in [1.82, 2.24) is 0 Å². The van der Waals surface area contributed by atoms with Gasteiger partial charge in [0.05, 0.1) is 4.90 Å². The summed E-state index contributed by atoms with van der Waals surface area (Å²) in [5.41, 5.74) is 2.39. The zero-order chi connectivity index (χ0) is 11.7. The summed E-state index contributed by atoms with van der Waals surface area (Å²) in [4.78, 5) is 1.31. The highest BCUT2D eigenvalue weighted by molar-refractivity contribution is 7.98. The normalized spacial score (nSPS) is 11.6. The van der Waals surface area contributed by atoms with Gasteiger partial charge in [0, 0.05) is 11.3 Å². The molecule has 2 heteroatoms. The van der Waals surface area contributed by atoms with Crippen molar-refractivity contribution in [2.24, 2.45) is 0 Å². The van der Waals surface area contributed by atoms with Gasteiger partial charge in [-0.05, 0) is 30.4 Å². The molecule has 1 heterocycles. The summed E-state index contributed by atoms with van der Waals surface area (Å²) >= 11 is 1.79. The first-order valence-electron chi connectivity index (χ1n) is 5.76. The second-order valence-electron chi connectivity index (χ2n) is 4.34. The Morgan fingerprint density at radius 3 is 2.62 bits per heavy atom. The van der Waals surface area contributed by atoms with Crippen molar-refractivity contribution in [2.75, 3.05) is 6.26 Å². The van der Waals surface area contributed by atoms with Crippen molar-refractivity contribution in [2.45, 2.75) is 38.0 Å². The van der Waals surface area contributed by atoms with Gasteiger partial charge in [0.2, 0.25) is 0 Å². The monoisotopic (exact) mass is 234 g/mol. The molecule has 0 saturated carbocycles. The van der Waals surface area contributed by atoms with Crippen LogP contribution in [0.4, 0.5) is 0 Å². The molecule has 0 bridgehead atoms. The standard InChI is InChI=1S/C14H18OS/c1-5-10-6-7-12-11(8-10)14(16-4)13(15-12)9(2)3/h6-9H,5H2,1-4H3. The number of benzene rings is 1. The minimum absolute atomic E-state index is 0.444. The lowest BCUT2D eigenvalue weighted by molar-refractivity contribution is 0.510. The van der Waals surface area contributed by atoms with Gasteiger partial charge in [0.1, 0.15) is 11.3 Å². The van der Waals surface area contributed by atoms with E-state index in [9.17, 15) is 0 Å². The number of aryl methyl sites for hydroxylation is 1. The van der Waals surface area contributed by atoms with Crippen molar-refractivity contribution < 1.29 is 4.42 Å². The SMILES string of the molecule is CCc1ccc2oc(C(C)C)c(SC)c2c1. The maximum Gasteiger partial charge on any atom is 0.135 e. The van der Waals surface area contributed by atoms with E-state index in [0.717, 1.165) is 17.8 Å². The highest BCUT2D eigenvalue weighted by Crippen LogP contribution is 2.37. The molecule has 0 aliphatic heterocycles. The van der Waals surface area contributed by atoms with Crippen LogP contribution in [0.3, 0.4) is 0 Å². The Labute approximate surface area is 101 Å². The fourth-order valence-corrected chi connectivity index (χ4v) is 2.81. The van der Waals surface area contributed by atoms with Gasteiger partial charge in [-0.3, -0.25) is 0 Å².